The first-order valence-electron chi connectivity index (χ1n) is 6.07. The van der Waals surface area contributed by atoms with Crippen molar-refractivity contribution in [3.05, 3.63) is 34.9 Å². The van der Waals surface area contributed by atoms with Crippen molar-refractivity contribution in [3.63, 3.8) is 0 Å². The first kappa shape index (κ1) is 12.4. The van der Waals surface area contributed by atoms with Crippen LogP contribution in [-0.2, 0) is 10.2 Å². The third-order valence-electron chi connectivity index (χ3n) is 3.42. The minimum absolute atomic E-state index is 0.0464. The first-order valence-corrected chi connectivity index (χ1v) is 6.45. The second-order valence-electron chi connectivity index (χ2n) is 5.16. The van der Waals surface area contributed by atoms with E-state index < -0.39 is 0 Å². The van der Waals surface area contributed by atoms with Crippen molar-refractivity contribution in [1.82, 2.24) is 5.32 Å². The molecule has 0 aliphatic heterocycles. The fraction of sp³-hybridized carbons (Fsp3) is 0.500. The molecule has 1 amide bonds. The molecule has 1 N–H and O–H groups in total. The number of hydrogen-bond acceptors (Lipinski definition) is 1. The van der Waals surface area contributed by atoms with E-state index in [1.54, 1.807) is 0 Å². The van der Waals surface area contributed by atoms with Gasteiger partial charge < -0.3 is 5.32 Å². The lowest BCUT2D eigenvalue weighted by molar-refractivity contribution is -0.124. The average Bonchev–Trinajstić information content (AvgIpc) is 3.07. The van der Waals surface area contributed by atoms with Gasteiger partial charge in [-0.05, 0) is 30.5 Å². The van der Waals surface area contributed by atoms with Crippen LogP contribution in [0.3, 0.4) is 0 Å². The minimum Gasteiger partial charge on any atom is -0.355 e. The Hall–Kier alpha value is -1.02. The summed E-state index contributed by atoms with van der Waals surface area (Å²) in [5.41, 5.74) is 1.38. The monoisotopic (exact) mass is 251 g/mol. The Kier molecular flexibility index (Phi) is 3.43. The van der Waals surface area contributed by atoms with Crippen molar-refractivity contribution in [3.8, 4) is 0 Å². The summed E-state index contributed by atoms with van der Waals surface area (Å²) in [4.78, 5) is 11.6. The Morgan fingerprint density at radius 2 is 2.18 bits per heavy atom. The van der Waals surface area contributed by atoms with Crippen molar-refractivity contribution in [1.29, 1.82) is 0 Å². The molecular formula is C14H18ClNO. The zero-order valence-electron chi connectivity index (χ0n) is 10.3. The van der Waals surface area contributed by atoms with Gasteiger partial charge >= 0.3 is 0 Å². The number of carbonyl (C=O) groups excluding carboxylic acids is 1. The van der Waals surface area contributed by atoms with E-state index in [1.807, 2.05) is 32.0 Å². The smallest absolute Gasteiger partial charge is 0.222 e. The zero-order chi connectivity index (χ0) is 12.5. The number of rotatable bonds is 4. The van der Waals surface area contributed by atoms with Crippen LogP contribution in [0.4, 0.5) is 0 Å². The van der Waals surface area contributed by atoms with E-state index in [9.17, 15) is 4.79 Å². The molecule has 0 aromatic heterocycles. The van der Waals surface area contributed by atoms with Crippen LogP contribution < -0.4 is 5.32 Å². The largest absolute Gasteiger partial charge is 0.355 e. The van der Waals surface area contributed by atoms with Gasteiger partial charge in [-0.3, -0.25) is 4.79 Å². The first-order chi connectivity index (χ1) is 8.03. The quantitative estimate of drug-likeness (QED) is 0.875. The Morgan fingerprint density at radius 3 is 2.71 bits per heavy atom. The van der Waals surface area contributed by atoms with Crippen LogP contribution in [0.1, 0.15) is 32.3 Å². The van der Waals surface area contributed by atoms with Gasteiger partial charge in [0, 0.05) is 22.9 Å². The third kappa shape index (κ3) is 2.81. The molecule has 3 heteroatoms. The maximum Gasteiger partial charge on any atom is 0.222 e. The lowest BCUT2D eigenvalue weighted by Crippen LogP contribution is -2.34. The van der Waals surface area contributed by atoms with E-state index in [-0.39, 0.29) is 17.2 Å². The molecule has 0 bridgehead atoms. The molecule has 92 valence electrons. The van der Waals surface area contributed by atoms with Gasteiger partial charge in [-0.15, -0.1) is 0 Å². The summed E-state index contributed by atoms with van der Waals surface area (Å²) in [5, 5.41) is 3.79. The topological polar surface area (TPSA) is 29.1 Å². The lowest BCUT2D eigenvalue weighted by atomic mass is 9.96. The summed E-state index contributed by atoms with van der Waals surface area (Å²) in [5.74, 6) is 0.170. The number of hydrogen-bond donors (Lipinski definition) is 1. The highest BCUT2D eigenvalue weighted by atomic mass is 35.5. The molecule has 1 fully saturated rings. The summed E-state index contributed by atoms with van der Waals surface area (Å²) in [7, 11) is 0. The molecule has 2 rings (SSSR count). The van der Waals surface area contributed by atoms with E-state index in [0.717, 1.165) is 24.4 Å². The highest BCUT2D eigenvalue weighted by molar-refractivity contribution is 6.30. The van der Waals surface area contributed by atoms with Crippen LogP contribution >= 0.6 is 11.6 Å². The SMILES string of the molecule is CC(C)C(=O)NCC1(c2cccc(Cl)c2)CC1. The summed E-state index contributed by atoms with van der Waals surface area (Å²) in [6, 6.07) is 7.96. The van der Waals surface area contributed by atoms with Gasteiger partial charge in [0.2, 0.25) is 5.91 Å². The summed E-state index contributed by atoms with van der Waals surface area (Å²) >= 11 is 6.00. The maximum atomic E-state index is 11.6. The summed E-state index contributed by atoms with van der Waals surface area (Å²) in [6.07, 6.45) is 2.26. The van der Waals surface area contributed by atoms with Gasteiger partial charge in [-0.1, -0.05) is 37.6 Å². The van der Waals surface area contributed by atoms with Crippen molar-refractivity contribution in [2.24, 2.45) is 5.92 Å². The Balaban J connectivity index is 2.03. The molecule has 17 heavy (non-hydrogen) atoms. The summed E-state index contributed by atoms with van der Waals surface area (Å²) < 4.78 is 0. The van der Waals surface area contributed by atoms with Gasteiger partial charge in [0.15, 0.2) is 0 Å². The molecule has 1 aromatic rings. The molecule has 2 nitrogen and oxygen atoms in total. The molecule has 0 unspecified atom stereocenters. The molecular weight excluding hydrogens is 234 g/mol. The number of amides is 1. The fourth-order valence-electron chi connectivity index (χ4n) is 2.00. The zero-order valence-corrected chi connectivity index (χ0v) is 11.1. The molecule has 0 radical (unpaired) electrons. The highest BCUT2D eigenvalue weighted by Gasteiger charge is 2.44. The average molecular weight is 252 g/mol. The summed E-state index contributed by atoms with van der Waals surface area (Å²) in [6.45, 7) is 4.55. The lowest BCUT2D eigenvalue weighted by Gasteiger charge is -2.17. The van der Waals surface area contributed by atoms with Crippen LogP contribution in [-0.4, -0.2) is 12.5 Å². The number of halogens is 1. The van der Waals surface area contributed by atoms with Crippen molar-refractivity contribution in [2.75, 3.05) is 6.54 Å². The minimum atomic E-state index is 0.0464. The molecule has 1 aliphatic rings. The van der Waals surface area contributed by atoms with Gasteiger partial charge in [-0.2, -0.15) is 0 Å². The molecule has 0 saturated heterocycles. The molecule has 1 saturated carbocycles. The number of nitrogens with one attached hydrogen (secondary N) is 1. The van der Waals surface area contributed by atoms with Crippen LogP contribution in [0, 0.1) is 5.92 Å². The molecule has 1 aromatic carbocycles. The standard InChI is InChI=1S/C14H18ClNO/c1-10(2)13(17)16-9-14(6-7-14)11-4-3-5-12(15)8-11/h3-5,8,10H,6-7,9H2,1-2H3,(H,16,17). The molecule has 1 aliphatic carbocycles. The Bertz CT molecular complexity index is 424. The maximum absolute atomic E-state index is 11.6. The normalized spacial score (nSPS) is 16.9. The van der Waals surface area contributed by atoms with Crippen LogP contribution in [0.15, 0.2) is 24.3 Å². The van der Waals surface area contributed by atoms with Crippen molar-refractivity contribution < 1.29 is 4.79 Å². The molecule has 0 heterocycles. The third-order valence-corrected chi connectivity index (χ3v) is 3.65. The number of benzene rings is 1. The second-order valence-corrected chi connectivity index (χ2v) is 5.60. The van der Waals surface area contributed by atoms with Crippen LogP contribution in [0.25, 0.3) is 0 Å². The van der Waals surface area contributed by atoms with Gasteiger partial charge in [0.05, 0.1) is 0 Å². The van der Waals surface area contributed by atoms with Crippen molar-refractivity contribution in [2.45, 2.75) is 32.1 Å². The molecule has 0 atom stereocenters. The predicted octanol–water partition coefficient (Wildman–Crippen LogP) is 3.14. The van der Waals surface area contributed by atoms with Gasteiger partial charge in [0.1, 0.15) is 0 Å². The van der Waals surface area contributed by atoms with Crippen molar-refractivity contribution >= 4 is 17.5 Å². The van der Waals surface area contributed by atoms with E-state index >= 15 is 0 Å². The second kappa shape index (κ2) is 4.69. The molecule has 0 spiro atoms. The Labute approximate surface area is 107 Å². The van der Waals surface area contributed by atoms with E-state index in [0.29, 0.717) is 0 Å². The van der Waals surface area contributed by atoms with E-state index in [1.165, 1.54) is 5.56 Å². The number of carbonyl (C=O) groups is 1. The van der Waals surface area contributed by atoms with Gasteiger partial charge in [-0.25, -0.2) is 0 Å². The van der Waals surface area contributed by atoms with Crippen LogP contribution in [0.5, 0.6) is 0 Å². The Morgan fingerprint density at radius 1 is 1.47 bits per heavy atom. The van der Waals surface area contributed by atoms with E-state index in [2.05, 4.69) is 11.4 Å². The fourth-order valence-corrected chi connectivity index (χ4v) is 2.19. The predicted molar refractivity (Wildman–Crippen MR) is 70.2 cm³/mol. The van der Waals surface area contributed by atoms with Gasteiger partial charge in [0.25, 0.3) is 0 Å². The van der Waals surface area contributed by atoms with Crippen LogP contribution in [0.2, 0.25) is 5.02 Å². The van der Waals surface area contributed by atoms with E-state index in [4.69, 9.17) is 11.6 Å². The highest BCUT2D eigenvalue weighted by Crippen LogP contribution is 2.48.